The number of carbonyl (C=O) groups is 1. The van der Waals surface area contributed by atoms with Crippen LogP contribution in [0.25, 0.3) is 0 Å². The second-order valence-electron chi connectivity index (χ2n) is 2.38. The molecule has 1 nitrogen and oxygen atoms in total. The van der Waals surface area contributed by atoms with Crippen molar-refractivity contribution in [2.45, 2.75) is 20.0 Å². The molecule has 0 aliphatic rings. The Balaban J connectivity index is 0.000000310. The van der Waals surface area contributed by atoms with E-state index < -0.39 is 11.1 Å². The number of Topliss-reactive ketones (excluding diaryl/α,β-unsaturated/α-hetero) is 1. The molecule has 0 bridgehead atoms. The molecule has 0 spiro atoms. The highest BCUT2D eigenvalue weighted by molar-refractivity contribution is 7.10. The molecule has 0 saturated heterocycles. The molecule has 5 heteroatoms. The van der Waals surface area contributed by atoms with Crippen LogP contribution in [-0.4, -0.2) is 5.78 Å². The Bertz CT molecular complexity index is 247. The van der Waals surface area contributed by atoms with E-state index in [0.29, 0.717) is 11.3 Å². The van der Waals surface area contributed by atoms with Gasteiger partial charge < -0.3 is 4.79 Å². The summed E-state index contributed by atoms with van der Waals surface area (Å²) in [5.41, 5.74) is 0. The molecule has 0 amide bonds. The largest absolute Gasteiger partial charge is 0.425 e. The van der Waals surface area contributed by atoms with Crippen molar-refractivity contribution < 1.29 is 18.0 Å². The van der Waals surface area contributed by atoms with Crippen LogP contribution in [0.4, 0.5) is 13.2 Å². The minimum absolute atomic E-state index is 0.167. The predicted molar refractivity (Wildman–Crippen MR) is 45.7 cm³/mol. The summed E-state index contributed by atoms with van der Waals surface area (Å²) in [5, 5.41) is 1.41. The van der Waals surface area contributed by atoms with Crippen molar-refractivity contribution in [2.75, 3.05) is 0 Å². The Morgan fingerprint density at radius 2 is 1.85 bits per heavy atom. The maximum atomic E-state index is 11.6. The van der Waals surface area contributed by atoms with Gasteiger partial charge in [-0.15, -0.1) is 11.3 Å². The van der Waals surface area contributed by atoms with Crippen LogP contribution < -0.4 is 0 Å². The zero-order chi connectivity index (χ0) is 10.5. The summed E-state index contributed by atoms with van der Waals surface area (Å²) in [7, 11) is 0. The van der Waals surface area contributed by atoms with Crippen LogP contribution in [0.1, 0.15) is 18.7 Å². The molecule has 0 N–H and O–H groups in total. The third-order valence-corrected chi connectivity index (χ3v) is 1.72. The Morgan fingerprint density at radius 3 is 2.00 bits per heavy atom. The average molecular weight is 210 g/mol. The quantitative estimate of drug-likeness (QED) is 0.641. The first kappa shape index (κ1) is 12.2. The van der Waals surface area contributed by atoms with E-state index in [2.05, 4.69) is 0 Å². The molecule has 0 aromatic carbocycles. The van der Waals surface area contributed by atoms with Gasteiger partial charge in [-0.1, -0.05) is 6.07 Å². The number of alkyl halides is 3. The highest BCUT2D eigenvalue weighted by Crippen LogP contribution is 2.32. The Hall–Kier alpha value is -0.840. The Labute approximate surface area is 78.2 Å². The molecule has 1 heterocycles. The van der Waals surface area contributed by atoms with Crippen molar-refractivity contribution in [1.29, 1.82) is 0 Å². The molecule has 1 rings (SSSR count). The number of hydrogen-bond donors (Lipinski definition) is 0. The van der Waals surface area contributed by atoms with E-state index in [1.165, 1.54) is 25.3 Å². The summed E-state index contributed by atoms with van der Waals surface area (Å²) in [4.78, 5) is 8.91. The summed E-state index contributed by atoms with van der Waals surface area (Å²) in [6, 6.07) is 2.44. The molecule has 0 atom stereocenters. The van der Waals surface area contributed by atoms with Crippen molar-refractivity contribution in [3.8, 4) is 0 Å². The van der Waals surface area contributed by atoms with Gasteiger partial charge in [-0.2, -0.15) is 13.2 Å². The van der Waals surface area contributed by atoms with Gasteiger partial charge in [0.2, 0.25) is 0 Å². The number of rotatable bonds is 0. The minimum Gasteiger partial charge on any atom is -0.300 e. The molecule has 13 heavy (non-hydrogen) atoms. The molecule has 0 saturated carbocycles. The lowest BCUT2D eigenvalue weighted by Gasteiger charge is -1.99. The molecule has 0 fully saturated rings. The standard InChI is InChI=1S/C5H3F3S.C3H6O/c6-5(7,8)4-2-1-3-9-4;1-3(2)4/h1-3H;1-2H3. The SMILES string of the molecule is CC(C)=O.FC(F)(F)c1cccs1. The summed E-state index contributed by atoms with van der Waals surface area (Å²) < 4.78 is 34.9. The van der Waals surface area contributed by atoms with Gasteiger partial charge in [0.15, 0.2) is 0 Å². The number of ketones is 1. The van der Waals surface area contributed by atoms with E-state index in [4.69, 9.17) is 0 Å². The van der Waals surface area contributed by atoms with Crippen LogP contribution in [0.5, 0.6) is 0 Å². The van der Waals surface area contributed by atoms with E-state index in [1.54, 1.807) is 0 Å². The zero-order valence-electron chi connectivity index (χ0n) is 7.18. The summed E-state index contributed by atoms with van der Waals surface area (Å²) in [6.07, 6.45) is -4.16. The molecule has 1 aromatic heterocycles. The van der Waals surface area contributed by atoms with Gasteiger partial charge in [-0.05, 0) is 25.3 Å². The Kier molecular flexibility index (Phi) is 4.69. The zero-order valence-corrected chi connectivity index (χ0v) is 8.00. The van der Waals surface area contributed by atoms with Crippen molar-refractivity contribution in [3.05, 3.63) is 22.4 Å². The van der Waals surface area contributed by atoms with Gasteiger partial charge in [-0.25, -0.2) is 0 Å². The lowest BCUT2D eigenvalue weighted by Crippen LogP contribution is -2.00. The first-order chi connectivity index (χ1) is 5.84. The maximum Gasteiger partial charge on any atom is 0.425 e. The van der Waals surface area contributed by atoms with Crippen molar-refractivity contribution in [1.82, 2.24) is 0 Å². The summed E-state index contributed by atoms with van der Waals surface area (Å²) in [6.45, 7) is 3.06. The minimum atomic E-state index is -4.16. The molecular formula is C8H9F3OS. The van der Waals surface area contributed by atoms with Gasteiger partial charge >= 0.3 is 6.18 Å². The fourth-order valence-corrected chi connectivity index (χ4v) is 1.03. The molecular weight excluding hydrogens is 201 g/mol. The van der Waals surface area contributed by atoms with E-state index >= 15 is 0 Å². The predicted octanol–water partition coefficient (Wildman–Crippen LogP) is 3.36. The van der Waals surface area contributed by atoms with Gasteiger partial charge in [0, 0.05) is 0 Å². The smallest absolute Gasteiger partial charge is 0.300 e. The monoisotopic (exact) mass is 210 g/mol. The van der Waals surface area contributed by atoms with Crippen LogP contribution in [0.2, 0.25) is 0 Å². The summed E-state index contributed by atoms with van der Waals surface area (Å²) >= 11 is 0.705. The molecule has 0 radical (unpaired) electrons. The number of hydrogen-bond acceptors (Lipinski definition) is 2. The van der Waals surface area contributed by atoms with Crippen LogP contribution in [-0.2, 0) is 11.0 Å². The normalized spacial score (nSPS) is 10.2. The number of thiophene rings is 1. The van der Waals surface area contributed by atoms with E-state index in [1.807, 2.05) is 0 Å². The van der Waals surface area contributed by atoms with Gasteiger partial charge in [0.25, 0.3) is 0 Å². The second kappa shape index (κ2) is 5.01. The molecule has 0 aliphatic carbocycles. The lowest BCUT2D eigenvalue weighted by atomic mass is 10.5. The Morgan fingerprint density at radius 1 is 1.38 bits per heavy atom. The molecule has 0 unspecified atom stereocenters. The number of carbonyl (C=O) groups excluding carboxylic acids is 1. The maximum absolute atomic E-state index is 11.6. The van der Waals surface area contributed by atoms with Crippen molar-refractivity contribution >= 4 is 17.1 Å². The highest BCUT2D eigenvalue weighted by Gasteiger charge is 2.31. The third kappa shape index (κ3) is 6.33. The van der Waals surface area contributed by atoms with Crippen LogP contribution in [0, 0.1) is 0 Å². The number of halogens is 3. The lowest BCUT2D eigenvalue weighted by molar-refractivity contribution is -0.134. The van der Waals surface area contributed by atoms with Gasteiger partial charge in [0.05, 0.1) is 0 Å². The van der Waals surface area contributed by atoms with Crippen LogP contribution in [0.15, 0.2) is 17.5 Å². The average Bonchev–Trinajstić information content (AvgIpc) is 2.31. The van der Waals surface area contributed by atoms with Gasteiger partial charge in [0.1, 0.15) is 10.7 Å². The summed E-state index contributed by atoms with van der Waals surface area (Å²) in [5.74, 6) is 0.167. The first-order valence-electron chi connectivity index (χ1n) is 3.42. The van der Waals surface area contributed by atoms with Crippen LogP contribution >= 0.6 is 11.3 Å². The molecule has 0 aliphatic heterocycles. The van der Waals surface area contributed by atoms with Crippen molar-refractivity contribution in [2.24, 2.45) is 0 Å². The van der Waals surface area contributed by atoms with Crippen molar-refractivity contribution in [3.63, 3.8) is 0 Å². The molecule has 74 valence electrons. The molecule has 1 aromatic rings. The fraction of sp³-hybridized carbons (Fsp3) is 0.375. The second-order valence-corrected chi connectivity index (χ2v) is 3.33. The third-order valence-electron chi connectivity index (χ3n) is 0.801. The van der Waals surface area contributed by atoms with Gasteiger partial charge in [-0.3, -0.25) is 0 Å². The highest BCUT2D eigenvalue weighted by atomic mass is 32.1. The van der Waals surface area contributed by atoms with E-state index in [-0.39, 0.29) is 5.78 Å². The van der Waals surface area contributed by atoms with E-state index in [0.717, 1.165) is 6.07 Å². The topological polar surface area (TPSA) is 17.1 Å². The first-order valence-corrected chi connectivity index (χ1v) is 4.30. The van der Waals surface area contributed by atoms with E-state index in [9.17, 15) is 18.0 Å². The fourth-order valence-electron chi connectivity index (χ4n) is 0.440. The van der Waals surface area contributed by atoms with Crippen LogP contribution in [0.3, 0.4) is 0 Å².